The highest BCUT2D eigenvalue weighted by molar-refractivity contribution is 7.98. The monoisotopic (exact) mass is 449 g/mol. The number of carbonyl (C=O) groups is 1. The molecule has 0 saturated carbocycles. The summed E-state index contributed by atoms with van der Waals surface area (Å²) in [5.74, 6) is 1.57. The Labute approximate surface area is 192 Å². The highest BCUT2D eigenvalue weighted by Crippen LogP contribution is 2.24. The molecule has 1 aliphatic heterocycles. The summed E-state index contributed by atoms with van der Waals surface area (Å²) in [6.07, 6.45) is 4.30. The molecule has 1 aliphatic rings. The van der Waals surface area contributed by atoms with Crippen LogP contribution in [0.3, 0.4) is 0 Å². The van der Waals surface area contributed by atoms with Crippen molar-refractivity contribution < 1.29 is 9.53 Å². The van der Waals surface area contributed by atoms with Gasteiger partial charge in [-0.2, -0.15) is 0 Å². The second-order valence-corrected chi connectivity index (χ2v) is 8.42. The van der Waals surface area contributed by atoms with E-state index in [1.54, 1.807) is 24.2 Å². The lowest BCUT2D eigenvalue weighted by Gasteiger charge is -2.28. The molecule has 1 fully saturated rings. The summed E-state index contributed by atoms with van der Waals surface area (Å²) in [5, 5.41) is 3.72. The van der Waals surface area contributed by atoms with Gasteiger partial charge in [0.1, 0.15) is 5.82 Å². The number of anilines is 1. The minimum absolute atomic E-state index is 0.0903. The van der Waals surface area contributed by atoms with E-state index in [0.29, 0.717) is 17.9 Å². The van der Waals surface area contributed by atoms with Crippen LogP contribution in [0, 0.1) is 0 Å². The van der Waals surface area contributed by atoms with Gasteiger partial charge in [-0.15, -0.1) is 0 Å². The second-order valence-electron chi connectivity index (χ2n) is 7.48. The van der Waals surface area contributed by atoms with Gasteiger partial charge in [0.05, 0.1) is 13.2 Å². The van der Waals surface area contributed by atoms with Crippen LogP contribution in [0.4, 0.5) is 5.82 Å². The SMILES string of the molecule is CCc1cc(N2CCOCC2)nc(SCc2cccc(C(=O)NCc3ccncc3)c2)n1. The Hall–Kier alpha value is -2.97. The Morgan fingerprint density at radius 3 is 2.69 bits per heavy atom. The van der Waals surface area contributed by atoms with Crippen LogP contribution in [0.5, 0.6) is 0 Å². The van der Waals surface area contributed by atoms with Gasteiger partial charge in [0, 0.05) is 55.1 Å². The van der Waals surface area contributed by atoms with Crippen LogP contribution in [0.2, 0.25) is 0 Å². The third kappa shape index (κ3) is 6.05. The normalized spacial score (nSPS) is 13.7. The number of benzene rings is 1. The molecule has 1 aromatic carbocycles. The van der Waals surface area contributed by atoms with E-state index in [2.05, 4.69) is 28.2 Å². The van der Waals surface area contributed by atoms with Gasteiger partial charge in [0.25, 0.3) is 5.91 Å². The van der Waals surface area contributed by atoms with E-state index in [9.17, 15) is 4.79 Å². The van der Waals surface area contributed by atoms with E-state index >= 15 is 0 Å². The van der Waals surface area contributed by atoms with Crippen molar-refractivity contribution in [3.8, 4) is 0 Å². The zero-order valence-electron chi connectivity index (χ0n) is 18.2. The summed E-state index contributed by atoms with van der Waals surface area (Å²) < 4.78 is 5.46. The zero-order valence-corrected chi connectivity index (χ0v) is 19.0. The Bertz CT molecular complexity index is 1040. The molecule has 0 aliphatic carbocycles. The van der Waals surface area contributed by atoms with E-state index < -0.39 is 0 Å². The first-order valence-electron chi connectivity index (χ1n) is 10.8. The van der Waals surface area contributed by atoms with E-state index in [0.717, 1.165) is 60.5 Å². The summed E-state index contributed by atoms with van der Waals surface area (Å²) in [7, 11) is 0. The Morgan fingerprint density at radius 1 is 1.09 bits per heavy atom. The van der Waals surface area contributed by atoms with Gasteiger partial charge in [0.2, 0.25) is 0 Å². The molecule has 3 aromatic rings. The number of hydrogen-bond donors (Lipinski definition) is 1. The Balaban J connectivity index is 1.40. The van der Waals surface area contributed by atoms with Crippen molar-refractivity contribution in [1.29, 1.82) is 0 Å². The third-order valence-corrected chi connectivity index (χ3v) is 6.12. The molecule has 0 spiro atoms. The van der Waals surface area contributed by atoms with Crippen LogP contribution in [-0.4, -0.2) is 47.2 Å². The molecule has 3 heterocycles. The third-order valence-electron chi connectivity index (χ3n) is 5.20. The predicted octanol–water partition coefficient (Wildman–Crippen LogP) is 3.49. The fourth-order valence-corrected chi connectivity index (χ4v) is 4.21. The highest BCUT2D eigenvalue weighted by atomic mass is 32.2. The molecule has 2 aromatic heterocycles. The number of hydrogen-bond acceptors (Lipinski definition) is 7. The highest BCUT2D eigenvalue weighted by Gasteiger charge is 2.15. The first kappa shape index (κ1) is 22.2. The molecular formula is C24H27N5O2S. The fourth-order valence-electron chi connectivity index (χ4n) is 3.39. The first-order chi connectivity index (χ1) is 15.7. The molecule has 0 unspecified atom stereocenters. The van der Waals surface area contributed by atoms with E-state index in [1.807, 2.05) is 36.4 Å². The topological polar surface area (TPSA) is 80.2 Å². The van der Waals surface area contributed by atoms with Gasteiger partial charge >= 0.3 is 0 Å². The molecule has 4 rings (SSSR count). The lowest BCUT2D eigenvalue weighted by molar-refractivity contribution is 0.0951. The molecule has 1 saturated heterocycles. The summed E-state index contributed by atoms with van der Waals surface area (Å²) in [6, 6.07) is 13.6. The number of morpholine rings is 1. The number of aryl methyl sites for hydroxylation is 1. The van der Waals surface area contributed by atoms with Crippen molar-refractivity contribution in [3.05, 3.63) is 77.2 Å². The number of thioether (sulfide) groups is 1. The molecule has 0 atom stereocenters. The van der Waals surface area contributed by atoms with Crippen LogP contribution >= 0.6 is 11.8 Å². The lowest BCUT2D eigenvalue weighted by atomic mass is 10.1. The van der Waals surface area contributed by atoms with Crippen LogP contribution in [0.1, 0.15) is 34.1 Å². The maximum absolute atomic E-state index is 12.6. The smallest absolute Gasteiger partial charge is 0.251 e. The van der Waals surface area contributed by atoms with Crippen molar-refractivity contribution >= 4 is 23.5 Å². The quantitative estimate of drug-likeness (QED) is 0.416. The van der Waals surface area contributed by atoms with E-state index in [-0.39, 0.29) is 5.91 Å². The lowest BCUT2D eigenvalue weighted by Crippen LogP contribution is -2.37. The maximum atomic E-state index is 12.6. The Kier molecular flexibility index (Phi) is 7.68. The van der Waals surface area contributed by atoms with Gasteiger partial charge in [-0.3, -0.25) is 9.78 Å². The maximum Gasteiger partial charge on any atom is 0.251 e. The molecule has 7 nitrogen and oxygen atoms in total. The number of carbonyl (C=O) groups excluding carboxylic acids is 1. The zero-order chi connectivity index (χ0) is 22.2. The van der Waals surface area contributed by atoms with Gasteiger partial charge in [-0.25, -0.2) is 9.97 Å². The summed E-state index contributed by atoms with van der Waals surface area (Å²) >= 11 is 1.59. The number of rotatable bonds is 8. The molecule has 1 amide bonds. The average molecular weight is 450 g/mol. The number of amides is 1. The number of nitrogens with zero attached hydrogens (tertiary/aromatic N) is 4. The van der Waals surface area contributed by atoms with E-state index in [4.69, 9.17) is 14.7 Å². The van der Waals surface area contributed by atoms with Crippen LogP contribution < -0.4 is 10.2 Å². The fraction of sp³-hybridized carbons (Fsp3) is 0.333. The molecule has 1 N–H and O–H groups in total. The number of ether oxygens (including phenoxy) is 1. The minimum Gasteiger partial charge on any atom is -0.378 e. The summed E-state index contributed by atoms with van der Waals surface area (Å²) in [6.45, 7) is 5.73. The van der Waals surface area contributed by atoms with Crippen molar-refractivity contribution in [2.24, 2.45) is 0 Å². The molecule has 32 heavy (non-hydrogen) atoms. The van der Waals surface area contributed by atoms with E-state index in [1.165, 1.54) is 0 Å². The molecule has 8 heteroatoms. The molecule has 0 bridgehead atoms. The minimum atomic E-state index is -0.0903. The number of pyridine rings is 1. The van der Waals surface area contributed by atoms with Crippen molar-refractivity contribution in [3.63, 3.8) is 0 Å². The standard InChI is InChI=1S/C24H27N5O2S/c1-2-21-15-22(29-10-12-31-13-11-29)28-24(27-21)32-17-19-4-3-5-20(14-19)23(30)26-16-18-6-8-25-9-7-18/h3-9,14-15H,2,10-13,16-17H2,1H3,(H,26,30). The second kappa shape index (κ2) is 11.1. The summed E-state index contributed by atoms with van der Waals surface area (Å²) in [5.41, 5.74) is 3.76. The van der Waals surface area contributed by atoms with Crippen molar-refractivity contribution in [1.82, 2.24) is 20.3 Å². The molecule has 0 radical (unpaired) electrons. The van der Waals surface area contributed by atoms with Crippen molar-refractivity contribution in [2.45, 2.75) is 30.8 Å². The van der Waals surface area contributed by atoms with Gasteiger partial charge < -0.3 is 15.0 Å². The average Bonchev–Trinajstić information content (AvgIpc) is 2.87. The van der Waals surface area contributed by atoms with Crippen molar-refractivity contribution in [2.75, 3.05) is 31.2 Å². The molecule has 166 valence electrons. The van der Waals surface area contributed by atoms with Gasteiger partial charge in [0.15, 0.2) is 5.16 Å². The predicted molar refractivity (Wildman–Crippen MR) is 126 cm³/mol. The number of nitrogens with one attached hydrogen (secondary N) is 1. The summed E-state index contributed by atoms with van der Waals surface area (Å²) in [4.78, 5) is 28.3. The van der Waals surface area contributed by atoms with Crippen LogP contribution in [-0.2, 0) is 23.5 Å². The van der Waals surface area contributed by atoms with Crippen LogP contribution in [0.25, 0.3) is 0 Å². The first-order valence-corrected chi connectivity index (χ1v) is 11.8. The number of aromatic nitrogens is 3. The van der Waals surface area contributed by atoms with Gasteiger partial charge in [-0.05, 0) is 41.8 Å². The van der Waals surface area contributed by atoms with Crippen LogP contribution in [0.15, 0.2) is 60.0 Å². The Morgan fingerprint density at radius 2 is 1.91 bits per heavy atom. The molecular weight excluding hydrogens is 422 g/mol. The van der Waals surface area contributed by atoms with Gasteiger partial charge in [-0.1, -0.05) is 30.8 Å². The largest absolute Gasteiger partial charge is 0.378 e.